The van der Waals surface area contributed by atoms with Gasteiger partial charge >= 0.3 is 6.09 Å². The standard InChI is InChI=1S/C24H24N4O2.ClH/c1-16-13-17(2)20(18(3)14-16)15-26-22-10-9-21(23-25-11-12-28(22)23)27-24(29)30-19-7-5-4-6-8-19;/h4-14,26H,15H2,1-3H3,(H,27,29);1H. The van der Waals surface area contributed by atoms with Crippen molar-refractivity contribution in [3.63, 3.8) is 0 Å². The molecule has 7 heteroatoms. The number of ether oxygens (including phenoxy) is 1. The first-order valence-corrected chi connectivity index (χ1v) is 9.90. The molecule has 1 amide bonds. The Morgan fingerprint density at radius 3 is 2.48 bits per heavy atom. The first-order chi connectivity index (χ1) is 14.5. The van der Waals surface area contributed by atoms with Crippen molar-refractivity contribution >= 4 is 11.9 Å². The summed E-state index contributed by atoms with van der Waals surface area (Å²) >= 11 is 0. The molecular weight excluding hydrogens is 412 g/mol. The van der Waals surface area contributed by atoms with Crippen LogP contribution < -0.4 is 32.7 Å². The maximum atomic E-state index is 12.3. The number of benzene rings is 2. The van der Waals surface area contributed by atoms with Crippen LogP contribution in [0.15, 0.2) is 83.5 Å². The molecule has 2 aliphatic rings. The average Bonchev–Trinajstić information content (AvgIpc) is 3.20. The lowest BCUT2D eigenvalue weighted by Gasteiger charge is -2.22. The van der Waals surface area contributed by atoms with Crippen LogP contribution in [0.5, 0.6) is 5.75 Å². The lowest BCUT2D eigenvalue weighted by Crippen LogP contribution is -3.10. The second-order valence-corrected chi connectivity index (χ2v) is 7.43. The van der Waals surface area contributed by atoms with E-state index in [2.05, 4.69) is 48.5 Å². The number of nitrogens with zero attached hydrogens (tertiary/aromatic N) is 1. The fourth-order valence-corrected chi connectivity index (χ4v) is 3.76. The van der Waals surface area contributed by atoms with Gasteiger partial charge in [0.2, 0.25) is 5.82 Å². The Kier molecular flexibility index (Phi) is 6.95. The third kappa shape index (κ3) is 5.05. The van der Waals surface area contributed by atoms with Crippen LogP contribution in [0.2, 0.25) is 0 Å². The summed E-state index contributed by atoms with van der Waals surface area (Å²) in [6.45, 7) is 7.12. The van der Waals surface area contributed by atoms with Gasteiger partial charge in [0, 0.05) is 12.6 Å². The summed E-state index contributed by atoms with van der Waals surface area (Å²) in [4.78, 5) is 17.7. The topological polar surface area (TPSA) is 67.2 Å². The van der Waals surface area contributed by atoms with Gasteiger partial charge in [-0.25, -0.2) is 9.69 Å². The Labute approximate surface area is 188 Å². The smallest absolute Gasteiger partial charge is 0.417 e. The lowest BCUT2D eigenvalue weighted by atomic mass is 10.00. The molecule has 0 saturated carbocycles. The number of amides is 1. The van der Waals surface area contributed by atoms with E-state index in [-0.39, 0.29) is 12.4 Å². The number of carbonyl (C=O) groups is 1. The molecule has 0 aromatic heterocycles. The van der Waals surface area contributed by atoms with Crippen LogP contribution in [0.3, 0.4) is 0 Å². The lowest BCUT2D eigenvalue weighted by molar-refractivity contribution is -0.702. The highest BCUT2D eigenvalue weighted by Gasteiger charge is 2.31. The summed E-state index contributed by atoms with van der Waals surface area (Å²) in [7, 11) is 0. The normalized spacial score (nSPS) is 16.4. The van der Waals surface area contributed by atoms with Crippen LogP contribution in [0, 0.1) is 20.8 Å². The molecule has 2 aliphatic heterocycles. The Hall–Kier alpha value is -3.35. The number of hydrogen-bond acceptors (Lipinski definition) is 4. The van der Waals surface area contributed by atoms with Crippen molar-refractivity contribution in [1.82, 2.24) is 10.6 Å². The van der Waals surface area contributed by atoms with Crippen molar-refractivity contribution < 1.29 is 26.8 Å². The van der Waals surface area contributed by atoms with Crippen LogP contribution in [-0.4, -0.2) is 11.9 Å². The zero-order valence-electron chi connectivity index (χ0n) is 17.7. The molecule has 2 heterocycles. The quantitative estimate of drug-likeness (QED) is 0.618. The number of aryl methyl sites for hydroxylation is 3. The maximum absolute atomic E-state index is 12.3. The van der Waals surface area contributed by atoms with E-state index in [0.29, 0.717) is 11.4 Å². The molecule has 1 atom stereocenters. The fourth-order valence-electron chi connectivity index (χ4n) is 3.76. The maximum Gasteiger partial charge on any atom is 0.417 e. The van der Waals surface area contributed by atoms with Crippen molar-refractivity contribution in [2.45, 2.75) is 27.3 Å². The summed E-state index contributed by atoms with van der Waals surface area (Å²) in [6.07, 6.45) is 6.95. The van der Waals surface area contributed by atoms with E-state index >= 15 is 0 Å². The molecule has 4 rings (SSSR count). The third-order valence-corrected chi connectivity index (χ3v) is 5.15. The van der Waals surface area contributed by atoms with Crippen LogP contribution in [0.4, 0.5) is 4.79 Å². The number of halogens is 1. The Balaban J connectivity index is 0.00000272. The molecule has 0 fully saturated rings. The minimum atomic E-state index is -0.544. The summed E-state index contributed by atoms with van der Waals surface area (Å²) in [6, 6.07) is 13.4. The molecule has 3 N–H and O–H groups in total. The highest BCUT2D eigenvalue weighted by atomic mass is 35.5. The van der Waals surface area contributed by atoms with Gasteiger partial charge in [0.25, 0.3) is 5.84 Å². The predicted octanol–water partition coefficient (Wildman–Crippen LogP) is 0.00116. The van der Waals surface area contributed by atoms with Gasteiger partial charge in [-0.05, 0) is 55.7 Å². The van der Waals surface area contributed by atoms with E-state index in [9.17, 15) is 4.79 Å². The van der Waals surface area contributed by atoms with Gasteiger partial charge in [-0.1, -0.05) is 35.9 Å². The van der Waals surface area contributed by atoms with Crippen LogP contribution in [0.25, 0.3) is 0 Å². The van der Waals surface area contributed by atoms with Crippen molar-refractivity contribution in [2.75, 3.05) is 0 Å². The molecule has 0 aliphatic carbocycles. The van der Waals surface area contributed by atoms with Crippen LogP contribution in [-0.2, 0) is 6.54 Å². The number of rotatable bonds is 5. The predicted molar refractivity (Wildman–Crippen MR) is 117 cm³/mol. The second-order valence-electron chi connectivity index (χ2n) is 7.43. The van der Waals surface area contributed by atoms with Crippen molar-refractivity contribution in [3.05, 3.63) is 101 Å². The van der Waals surface area contributed by atoms with Crippen molar-refractivity contribution in [3.8, 4) is 5.75 Å². The molecule has 2 aromatic carbocycles. The molecule has 6 nitrogen and oxygen atoms in total. The molecule has 1 unspecified atom stereocenters. The second kappa shape index (κ2) is 9.64. The number of quaternary nitrogens is 1. The molecule has 2 aromatic rings. The molecule has 0 radical (unpaired) electrons. The van der Waals surface area contributed by atoms with E-state index in [4.69, 9.17) is 4.74 Å². The highest BCUT2D eigenvalue weighted by molar-refractivity contribution is 5.97. The minimum Gasteiger partial charge on any atom is -1.00 e. The highest BCUT2D eigenvalue weighted by Crippen LogP contribution is 2.16. The number of allylic oxidation sites excluding steroid dienone is 2. The number of aliphatic imine (C=N–C) groups is 1. The number of para-hydroxylation sites is 1. The van der Waals surface area contributed by atoms with E-state index < -0.39 is 6.09 Å². The van der Waals surface area contributed by atoms with Crippen molar-refractivity contribution in [1.29, 1.82) is 0 Å². The third-order valence-electron chi connectivity index (χ3n) is 5.15. The van der Waals surface area contributed by atoms with Gasteiger partial charge in [-0.2, -0.15) is 4.99 Å². The zero-order chi connectivity index (χ0) is 21.1. The fraction of sp³-hybridized carbons (Fsp3) is 0.167. The first-order valence-electron chi connectivity index (χ1n) is 9.90. The number of hydrogen-bond donors (Lipinski definition) is 3. The van der Waals surface area contributed by atoms with E-state index in [1.54, 1.807) is 18.3 Å². The summed E-state index contributed by atoms with van der Waals surface area (Å²) in [5.74, 6) is 2.19. The number of amidine groups is 1. The van der Waals surface area contributed by atoms with E-state index in [0.717, 1.165) is 23.1 Å². The summed E-state index contributed by atoms with van der Waals surface area (Å²) in [5, 5.41) is 6.32. The Morgan fingerprint density at radius 2 is 1.77 bits per heavy atom. The van der Waals surface area contributed by atoms with Gasteiger partial charge in [-0.15, -0.1) is 0 Å². The van der Waals surface area contributed by atoms with Crippen LogP contribution in [0.1, 0.15) is 22.3 Å². The number of carbonyl (C=O) groups excluding carboxylic acids is 1. The van der Waals surface area contributed by atoms with Crippen molar-refractivity contribution in [2.24, 2.45) is 4.99 Å². The van der Waals surface area contributed by atoms with Gasteiger partial charge in [0.05, 0.1) is 6.20 Å². The van der Waals surface area contributed by atoms with E-state index in [1.165, 1.54) is 22.3 Å². The summed E-state index contributed by atoms with van der Waals surface area (Å²) < 4.78 is 5.32. The largest absolute Gasteiger partial charge is 1.00 e. The zero-order valence-corrected chi connectivity index (χ0v) is 18.5. The SMILES string of the molecule is Cc1cc(C)c(CNC2=CC=C(NC(=O)Oc3ccccc3)C3=NC=C[NH+]23)c(C)c1.[Cl-]. The molecule has 0 bridgehead atoms. The van der Waals surface area contributed by atoms with Gasteiger partial charge in [0.1, 0.15) is 17.6 Å². The monoisotopic (exact) mass is 436 g/mol. The summed E-state index contributed by atoms with van der Waals surface area (Å²) in [5.41, 5.74) is 5.73. The molecule has 0 saturated heterocycles. The van der Waals surface area contributed by atoms with Gasteiger partial charge in [0.15, 0.2) is 0 Å². The Morgan fingerprint density at radius 1 is 1.06 bits per heavy atom. The molecular formula is C24H25ClN4O2. The van der Waals surface area contributed by atoms with Gasteiger partial charge < -0.3 is 22.5 Å². The first kappa shape index (κ1) is 22.3. The van der Waals surface area contributed by atoms with Gasteiger partial charge in [-0.3, -0.25) is 5.32 Å². The number of fused-ring (bicyclic) bond motifs is 1. The van der Waals surface area contributed by atoms with E-state index in [1.807, 2.05) is 36.6 Å². The Bertz CT molecular complexity index is 1080. The molecule has 160 valence electrons. The van der Waals surface area contributed by atoms with Crippen LogP contribution >= 0.6 is 0 Å². The molecule has 31 heavy (non-hydrogen) atoms. The average molecular weight is 437 g/mol. The number of nitrogens with one attached hydrogen (secondary N) is 3. The minimum absolute atomic E-state index is 0. The molecule has 0 spiro atoms.